The van der Waals surface area contributed by atoms with Crippen molar-refractivity contribution in [3.63, 3.8) is 0 Å². The summed E-state index contributed by atoms with van der Waals surface area (Å²) in [7, 11) is 0. The van der Waals surface area contributed by atoms with E-state index >= 15 is 0 Å². The predicted molar refractivity (Wildman–Crippen MR) is 84.9 cm³/mol. The molecule has 0 saturated heterocycles. The molecule has 6 heteroatoms. The molecule has 0 spiro atoms. The zero-order chi connectivity index (χ0) is 16.4. The van der Waals surface area contributed by atoms with Crippen molar-refractivity contribution < 1.29 is 14.3 Å². The lowest BCUT2D eigenvalue weighted by molar-refractivity contribution is -0.139. The third-order valence-corrected chi connectivity index (χ3v) is 2.94. The number of rotatable bonds is 8. The van der Waals surface area contributed by atoms with Crippen LogP contribution >= 0.6 is 0 Å². The summed E-state index contributed by atoms with van der Waals surface area (Å²) in [5.74, 6) is -1.26. The minimum absolute atomic E-state index is 0.170. The van der Waals surface area contributed by atoms with Crippen LogP contribution in [0.2, 0.25) is 0 Å². The molecule has 1 rings (SSSR count). The van der Waals surface area contributed by atoms with Crippen LogP contribution in [-0.2, 0) is 27.4 Å². The molecule has 22 heavy (non-hydrogen) atoms. The van der Waals surface area contributed by atoms with Crippen molar-refractivity contribution in [2.75, 3.05) is 13.2 Å². The summed E-state index contributed by atoms with van der Waals surface area (Å²) in [6, 6.07) is 7.57. The van der Waals surface area contributed by atoms with Gasteiger partial charge in [-0.3, -0.25) is 9.59 Å². The smallest absolute Gasteiger partial charge is 0.309 e. The number of nitrogens with two attached hydrogens (primary N) is 1. The van der Waals surface area contributed by atoms with Gasteiger partial charge in [0.25, 0.3) is 0 Å². The van der Waals surface area contributed by atoms with Crippen LogP contribution in [0.15, 0.2) is 24.3 Å². The maximum atomic E-state index is 11.7. The van der Waals surface area contributed by atoms with Gasteiger partial charge in [-0.05, 0) is 31.4 Å². The van der Waals surface area contributed by atoms with Gasteiger partial charge in [-0.15, -0.1) is 0 Å². The zero-order valence-corrected chi connectivity index (χ0v) is 13.2. The Morgan fingerprint density at radius 2 is 1.86 bits per heavy atom. The van der Waals surface area contributed by atoms with E-state index in [1.165, 1.54) is 0 Å². The maximum absolute atomic E-state index is 11.7. The van der Waals surface area contributed by atoms with E-state index in [0.29, 0.717) is 32.7 Å². The second-order valence-electron chi connectivity index (χ2n) is 5.24. The van der Waals surface area contributed by atoms with Crippen LogP contribution in [0.1, 0.15) is 31.4 Å². The standard InChI is InChI=1S/C16H25N3O3/c1-12(2)22-8-4-7-18-15(20)16(21)19-11-14-6-3-5-13(9-14)10-17/h3,5-6,9,12H,4,7-8,10-11,17H2,1-2H3,(H,18,20)(H,19,21). The van der Waals surface area contributed by atoms with Crippen LogP contribution in [-0.4, -0.2) is 31.1 Å². The Hall–Kier alpha value is -1.92. The lowest BCUT2D eigenvalue weighted by atomic mass is 10.1. The fourth-order valence-corrected chi connectivity index (χ4v) is 1.80. The molecule has 0 atom stereocenters. The third kappa shape index (κ3) is 7.19. The summed E-state index contributed by atoms with van der Waals surface area (Å²) >= 11 is 0. The fraction of sp³-hybridized carbons (Fsp3) is 0.500. The molecule has 0 aliphatic heterocycles. The molecule has 0 radical (unpaired) electrons. The van der Waals surface area contributed by atoms with E-state index in [2.05, 4.69) is 10.6 Å². The van der Waals surface area contributed by atoms with Gasteiger partial charge in [-0.25, -0.2) is 0 Å². The first kappa shape index (κ1) is 18.1. The van der Waals surface area contributed by atoms with Gasteiger partial charge in [0.15, 0.2) is 0 Å². The van der Waals surface area contributed by atoms with Crippen LogP contribution in [0, 0.1) is 0 Å². The molecule has 1 aromatic rings. The second-order valence-corrected chi connectivity index (χ2v) is 5.24. The minimum atomic E-state index is -0.636. The number of hydrogen-bond acceptors (Lipinski definition) is 4. The quantitative estimate of drug-likeness (QED) is 0.486. The third-order valence-electron chi connectivity index (χ3n) is 2.94. The second kappa shape index (κ2) is 9.92. The zero-order valence-electron chi connectivity index (χ0n) is 13.2. The number of amides is 2. The molecule has 0 aromatic heterocycles. The number of carbonyl (C=O) groups excluding carboxylic acids is 2. The number of benzene rings is 1. The van der Waals surface area contributed by atoms with Crippen LogP contribution in [0.4, 0.5) is 0 Å². The summed E-state index contributed by atoms with van der Waals surface area (Å²) in [6.45, 7) is 5.63. The number of carbonyl (C=O) groups is 2. The van der Waals surface area contributed by atoms with Gasteiger partial charge in [0, 0.05) is 26.2 Å². The van der Waals surface area contributed by atoms with Crippen molar-refractivity contribution in [2.45, 2.75) is 39.5 Å². The van der Waals surface area contributed by atoms with Crippen molar-refractivity contribution in [1.29, 1.82) is 0 Å². The van der Waals surface area contributed by atoms with E-state index in [0.717, 1.165) is 11.1 Å². The Morgan fingerprint density at radius 1 is 1.18 bits per heavy atom. The number of hydrogen-bond donors (Lipinski definition) is 3. The monoisotopic (exact) mass is 307 g/mol. The van der Waals surface area contributed by atoms with Crippen molar-refractivity contribution in [2.24, 2.45) is 5.73 Å². The average Bonchev–Trinajstić information content (AvgIpc) is 2.51. The Kier molecular flexibility index (Phi) is 8.17. The molecular weight excluding hydrogens is 282 g/mol. The largest absolute Gasteiger partial charge is 0.379 e. The van der Waals surface area contributed by atoms with Gasteiger partial charge in [0.05, 0.1) is 6.10 Å². The molecule has 0 bridgehead atoms. The van der Waals surface area contributed by atoms with Crippen LogP contribution in [0.25, 0.3) is 0 Å². The van der Waals surface area contributed by atoms with Crippen molar-refractivity contribution in [1.82, 2.24) is 10.6 Å². The first-order valence-electron chi connectivity index (χ1n) is 7.48. The van der Waals surface area contributed by atoms with Gasteiger partial charge in [-0.2, -0.15) is 0 Å². The summed E-state index contributed by atoms with van der Waals surface area (Å²) < 4.78 is 5.35. The predicted octanol–water partition coefficient (Wildman–Crippen LogP) is 0.693. The molecular formula is C16H25N3O3. The Bertz CT molecular complexity index is 489. The Labute approximate surface area is 131 Å². The maximum Gasteiger partial charge on any atom is 0.309 e. The van der Waals surface area contributed by atoms with Crippen LogP contribution in [0.3, 0.4) is 0 Å². The van der Waals surface area contributed by atoms with Gasteiger partial charge in [-0.1, -0.05) is 24.3 Å². The molecule has 2 amide bonds. The number of nitrogens with one attached hydrogen (secondary N) is 2. The van der Waals surface area contributed by atoms with Crippen LogP contribution in [0.5, 0.6) is 0 Å². The molecule has 0 aliphatic rings. The van der Waals surface area contributed by atoms with Crippen molar-refractivity contribution in [3.05, 3.63) is 35.4 Å². The normalized spacial score (nSPS) is 10.5. The number of ether oxygens (including phenoxy) is 1. The highest BCUT2D eigenvalue weighted by molar-refractivity contribution is 6.35. The molecule has 122 valence electrons. The summed E-state index contributed by atoms with van der Waals surface area (Å²) in [5, 5.41) is 5.15. The molecule has 0 aliphatic carbocycles. The van der Waals surface area contributed by atoms with Gasteiger partial charge < -0.3 is 21.1 Å². The molecule has 4 N–H and O–H groups in total. The van der Waals surface area contributed by atoms with Crippen LogP contribution < -0.4 is 16.4 Å². The molecule has 0 unspecified atom stereocenters. The van der Waals surface area contributed by atoms with Gasteiger partial charge >= 0.3 is 11.8 Å². The fourth-order valence-electron chi connectivity index (χ4n) is 1.80. The van der Waals surface area contributed by atoms with E-state index in [1.807, 2.05) is 38.1 Å². The molecule has 6 nitrogen and oxygen atoms in total. The highest BCUT2D eigenvalue weighted by Crippen LogP contribution is 2.04. The highest BCUT2D eigenvalue weighted by atomic mass is 16.5. The Morgan fingerprint density at radius 3 is 2.55 bits per heavy atom. The van der Waals surface area contributed by atoms with E-state index in [1.54, 1.807) is 0 Å². The first-order chi connectivity index (χ1) is 10.5. The lowest BCUT2D eigenvalue weighted by Gasteiger charge is -2.09. The SMILES string of the molecule is CC(C)OCCCNC(=O)C(=O)NCc1cccc(CN)c1. The molecule has 0 fully saturated rings. The molecule has 0 heterocycles. The van der Waals surface area contributed by atoms with Gasteiger partial charge in [0.1, 0.15) is 0 Å². The summed E-state index contributed by atoms with van der Waals surface area (Å²) in [6.07, 6.45) is 0.846. The van der Waals surface area contributed by atoms with E-state index in [9.17, 15) is 9.59 Å². The summed E-state index contributed by atoms with van der Waals surface area (Å²) in [4.78, 5) is 23.3. The first-order valence-corrected chi connectivity index (χ1v) is 7.48. The van der Waals surface area contributed by atoms with Crippen molar-refractivity contribution >= 4 is 11.8 Å². The highest BCUT2D eigenvalue weighted by Gasteiger charge is 2.12. The lowest BCUT2D eigenvalue weighted by Crippen LogP contribution is -2.40. The van der Waals surface area contributed by atoms with E-state index < -0.39 is 11.8 Å². The average molecular weight is 307 g/mol. The minimum Gasteiger partial charge on any atom is -0.379 e. The summed E-state index contributed by atoms with van der Waals surface area (Å²) in [5.41, 5.74) is 7.46. The molecule has 1 aromatic carbocycles. The van der Waals surface area contributed by atoms with E-state index in [4.69, 9.17) is 10.5 Å². The van der Waals surface area contributed by atoms with E-state index in [-0.39, 0.29) is 6.10 Å². The Balaban J connectivity index is 2.25. The topological polar surface area (TPSA) is 93.4 Å². The molecule has 0 saturated carbocycles. The van der Waals surface area contributed by atoms with Gasteiger partial charge in [0.2, 0.25) is 0 Å². The van der Waals surface area contributed by atoms with Crippen molar-refractivity contribution in [3.8, 4) is 0 Å².